The standard InChI is InChI=1S/C14H16N6S.C2HF3O2/c1-4-21-9-12(1)5-18-2-3-19-6-13(17-14(19)8-18)7-20-11-15-10-16-20;3-2(4,5)1(6)7/h1,4,6,9-11H,2-3,5,7-8H2;(H,6,7). The molecular formula is C16H17F3N6O2S. The zero-order chi connectivity index (χ0) is 20.1. The molecule has 0 aliphatic carbocycles. The lowest BCUT2D eigenvalue weighted by Gasteiger charge is -2.27. The third-order valence-electron chi connectivity index (χ3n) is 3.95. The predicted octanol–water partition coefficient (Wildman–Crippen LogP) is 2.23. The van der Waals surface area contributed by atoms with Gasteiger partial charge in [0.2, 0.25) is 0 Å². The summed E-state index contributed by atoms with van der Waals surface area (Å²) in [5, 5.41) is 15.6. The highest BCUT2D eigenvalue weighted by atomic mass is 32.1. The van der Waals surface area contributed by atoms with E-state index in [0.717, 1.165) is 37.7 Å². The Morgan fingerprint density at radius 2 is 2.07 bits per heavy atom. The van der Waals surface area contributed by atoms with Crippen LogP contribution >= 0.6 is 11.3 Å². The summed E-state index contributed by atoms with van der Waals surface area (Å²) in [6.07, 6.45) is 0.332. The molecule has 150 valence electrons. The first-order valence-corrected chi connectivity index (χ1v) is 9.16. The lowest BCUT2D eigenvalue weighted by Crippen LogP contribution is -2.33. The summed E-state index contributed by atoms with van der Waals surface area (Å²) < 4.78 is 35.8. The molecule has 1 N–H and O–H groups in total. The van der Waals surface area contributed by atoms with Gasteiger partial charge in [-0.2, -0.15) is 29.6 Å². The molecule has 0 bridgehead atoms. The van der Waals surface area contributed by atoms with Crippen molar-refractivity contribution in [1.29, 1.82) is 0 Å². The number of carboxylic acids is 1. The Hall–Kier alpha value is -2.73. The number of carbonyl (C=O) groups is 1. The van der Waals surface area contributed by atoms with Gasteiger partial charge in [-0.1, -0.05) is 0 Å². The van der Waals surface area contributed by atoms with Crippen molar-refractivity contribution in [1.82, 2.24) is 29.2 Å². The van der Waals surface area contributed by atoms with E-state index in [1.54, 1.807) is 28.7 Å². The Bertz CT molecular complexity index is 892. The molecule has 0 unspecified atom stereocenters. The second-order valence-electron chi connectivity index (χ2n) is 6.08. The molecule has 0 spiro atoms. The molecule has 3 aromatic heterocycles. The second-order valence-corrected chi connectivity index (χ2v) is 6.86. The second kappa shape index (κ2) is 8.52. The average Bonchev–Trinajstić information content (AvgIpc) is 3.36. The number of imidazole rings is 1. The zero-order valence-corrected chi connectivity index (χ0v) is 15.4. The van der Waals surface area contributed by atoms with Crippen LogP contribution in [0.1, 0.15) is 17.1 Å². The van der Waals surface area contributed by atoms with Crippen LogP contribution in [-0.4, -0.2) is 53.0 Å². The molecule has 0 saturated carbocycles. The molecule has 8 nitrogen and oxygen atoms in total. The predicted molar refractivity (Wildman–Crippen MR) is 93.5 cm³/mol. The van der Waals surface area contributed by atoms with Gasteiger partial charge < -0.3 is 9.67 Å². The first-order valence-electron chi connectivity index (χ1n) is 8.22. The Morgan fingerprint density at radius 3 is 2.68 bits per heavy atom. The van der Waals surface area contributed by atoms with Gasteiger partial charge in [-0.25, -0.2) is 19.4 Å². The number of thiophene rings is 1. The summed E-state index contributed by atoms with van der Waals surface area (Å²) in [7, 11) is 0. The van der Waals surface area contributed by atoms with Gasteiger partial charge in [0.1, 0.15) is 18.5 Å². The lowest BCUT2D eigenvalue weighted by atomic mass is 10.3. The van der Waals surface area contributed by atoms with Gasteiger partial charge in [0.15, 0.2) is 0 Å². The summed E-state index contributed by atoms with van der Waals surface area (Å²) in [5.41, 5.74) is 2.44. The molecule has 0 aromatic carbocycles. The van der Waals surface area contributed by atoms with Crippen molar-refractivity contribution >= 4 is 17.3 Å². The molecule has 0 amide bonds. The molecule has 0 radical (unpaired) electrons. The number of hydrogen-bond acceptors (Lipinski definition) is 6. The van der Waals surface area contributed by atoms with Crippen LogP contribution in [0.2, 0.25) is 0 Å². The quantitative estimate of drug-likeness (QED) is 0.704. The topological polar surface area (TPSA) is 89.1 Å². The summed E-state index contributed by atoms with van der Waals surface area (Å²) in [4.78, 5) is 20.0. The number of carboxylic acid groups (broad SMARTS) is 1. The molecular weight excluding hydrogens is 397 g/mol. The normalized spacial score (nSPS) is 14.2. The SMILES string of the molecule is O=C(O)C(F)(F)F.c1ncn(Cc2cn3c(n2)CN(Cc2ccsc2)CC3)n1. The third kappa shape index (κ3) is 5.39. The van der Waals surface area contributed by atoms with E-state index in [9.17, 15) is 13.2 Å². The Balaban J connectivity index is 0.000000279. The molecule has 1 aliphatic rings. The van der Waals surface area contributed by atoms with E-state index in [0.29, 0.717) is 6.54 Å². The minimum Gasteiger partial charge on any atom is -0.475 e. The van der Waals surface area contributed by atoms with Crippen LogP contribution in [0.15, 0.2) is 35.7 Å². The van der Waals surface area contributed by atoms with Gasteiger partial charge >= 0.3 is 12.1 Å². The third-order valence-corrected chi connectivity index (χ3v) is 4.68. The summed E-state index contributed by atoms with van der Waals surface area (Å²) in [6.45, 7) is 4.68. The molecule has 0 fully saturated rings. The molecule has 4 rings (SSSR count). The van der Waals surface area contributed by atoms with Crippen molar-refractivity contribution < 1.29 is 23.1 Å². The van der Waals surface area contributed by atoms with Crippen molar-refractivity contribution in [3.63, 3.8) is 0 Å². The minimum absolute atomic E-state index is 0.685. The average molecular weight is 414 g/mol. The summed E-state index contributed by atoms with van der Waals surface area (Å²) in [5.74, 6) is -1.61. The van der Waals surface area contributed by atoms with E-state index in [1.807, 2.05) is 0 Å². The van der Waals surface area contributed by atoms with Crippen molar-refractivity contribution in [2.24, 2.45) is 0 Å². The first-order chi connectivity index (χ1) is 13.3. The monoisotopic (exact) mass is 414 g/mol. The van der Waals surface area contributed by atoms with Crippen molar-refractivity contribution in [3.8, 4) is 0 Å². The van der Waals surface area contributed by atoms with Gasteiger partial charge in [-0.05, 0) is 22.4 Å². The highest BCUT2D eigenvalue weighted by Crippen LogP contribution is 2.17. The number of hydrogen-bond donors (Lipinski definition) is 1. The van der Waals surface area contributed by atoms with E-state index >= 15 is 0 Å². The maximum atomic E-state index is 10.6. The molecule has 0 atom stereocenters. The highest BCUT2D eigenvalue weighted by Gasteiger charge is 2.38. The first kappa shape index (κ1) is 20.0. The van der Waals surface area contributed by atoms with Crippen LogP contribution in [-0.2, 0) is 31.0 Å². The van der Waals surface area contributed by atoms with Crippen LogP contribution in [0.25, 0.3) is 0 Å². The smallest absolute Gasteiger partial charge is 0.475 e. The van der Waals surface area contributed by atoms with Gasteiger partial charge in [0, 0.05) is 25.8 Å². The van der Waals surface area contributed by atoms with Crippen LogP contribution in [0.4, 0.5) is 13.2 Å². The molecule has 3 aromatic rings. The van der Waals surface area contributed by atoms with Crippen LogP contribution in [0.3, 0.4) is 0 Å². The van der Waals surface area contributed by atoms with Crippen molar-refractivity contribution in [2.75, 3.05) is 6.54 Å². The zero-order valence-electron chi connectivity index (χ0n) is 14.6. The van der Waals surface area contributed by atoms with Gasteiger partial charge in [-0.3, -0.25) is 4.90 Å². The van der Waals surface area contributed by atoms with Crippen LogP contribution in [0, 0.1) is 0 Å². The Kier molecular flexibility index (Phi) is 6.09. The van der Waals surface area contributed by atoms with E-state index in [-0.39, 0.29) is 0 Å². The van der Waals surface area contributed by atoms with Crippen molar-refractivity contribution in [2.45, 2.75) is 32.4 Å². The summed E-state index contributed by atoms with van der Waals surface area (Å²) in [6, 6.07) is 2.20. The fourth-order valence-corrected chi connectivity index (χ4v) is 3.35. The maximum Gasteiger partial charge on any atom is 0.490 e. The van der Waals surface area contributed by atoms with E-state index in [4.69, 9.17) is 14.9 Å². The van der Waals surface area contributed by atoms with Crippen molar-refractivity contribution in [3.05, 3.63) is 52.8 Å². The number of fused-ring (bicyclic) bond motifs is 1. The van der Waals surface area contributed by atoms with Gasteiger partial charge in [0.25, 0.3) is 0 Å². The molecule has 4 heterocycles. The van der Waals surface area contributed by atoms with E-state index in [2.05, 4.69) is 42.6 Å². The number of alkyl halides is 3. The van der Waals surface area contributed by atoms with Crippen LogP contribution < -0.4 is 0 Å². The lowest BCUT2D eigenvalue weighted by molar-refractivity contribution is -0.192. The Labute approximate surface area is 161 Å². The minimum atomic E-state index is -5.08. The molecule has 0 saturated heterocycles. The maximum absolute atomic E-state index is 10.6. The molecule has 12 heteroatoms. The number of aliphatic carboxylic acids is 1. The largest absolute Gasteiger partial charge is 0.490 e. The van der Waals surface area contributed by atoms with Gasteiger partial charge in [0.05, 0.1) is 18.8 Å². The van der Waals surface area contributed by atoms with Crippen LogP contribution in [0.5, 0.6) is 0 Å². The Morgan fingerprint density at radius 1 is 1.29 bits per heavy atom. The van der Waals surface area contributed by atoms with E-state index < -0.39 is 12.1 Å². The fraction of sp³-hybridized carbons (Fsp3) is 0.375. The van der Waals surface area contributed by atoms with E-state index in [1.165, 1.54) is 5.56 Å². The number of halogens is 3. The number of rotatable bonds is 4. The highest BCUT2D eigenvalue weighted by molar-refractivity contribution is 7.07. The summed E-state index contributed by atoms with van der Waals surface area (Å²) >= 11 is 1.76. The molecule has 1 aliphatic heterocycles. The number of nitrogens with zero attached hydrogens (tertiary/aromatic N) is 6. The molecule has 28 heavy (non-hydrogen) atoms. The number of aromatic nitrogens is 5. The van der Waals surface area contributed by atoms with Gasteiger partial charge in [-0.15, -0.1) is 0 Å². The fourth-order valence-electron chi connectivity index (χ4n) is 2.69.